The Labute approximate surface area is 137 Å². The summed E-state index contributed by atoms with van der Waals surface area (Å²) in [5.41, 5.74) is 2.08. The van der Waals surface area contributed by atoms with Crippen LogP contribution in [-0.4, -0.2) is 37.6 Å². The highest BCUT2D eigenvalue weighted by Gasteiger charge is 2.25. The molecular formula is C19H23N2O2+. The predicted molar refractivity (Wildman–Crippen MR) is 91.5 cm³/mol. The van der Waals surface area contributed by atoms with Gasteiger partial charge in [0.15, 0.2) is 0 Å². The number of nitrogens with one attached hydrogen (secondary N) is 1. The Morgan fingerprint density at radius 1 is 1.26 bits per heavy atom. The summed E-state index contributed by atoms with van der Waals surface area (Å²) in [5, 5.41) is 9.90. The van der Waals surface area contributed by atoms with Gasteiger partial charge in [0.2, 0.25) is 0 Å². The van der Waals surface area contributed by atoms with E-state index in [0.29, 0.717) is 11.6 Å². The van der Waals surface area contributed by atoms with Gasteiger partial charge in [-0.3, -0.25) is 4.99 Å². The van der Waals surface area contributed by atoms with Crippen molar-refractivity contribution < 1.29 is 14.7 Å². The van der Waals surface area contributed by atoms with E-state index in [1.54, 1.807) is 30.4 Å². The third-order valence-corrected chi connectivity index (χ3v) is 4.31. The summed E-state index contributed by atoms with van der Waals surface area (Å²) in [4.78, 5) is 6.22. The number of benzene rings is 2. The third kappa shape index (κ3) is 4.11. The lowest BCUT2D eigenvalue weighted by atomic mass is 10.2. The van der Waals surface area contributed by atoms with Crippen molar-refractivity contribution in [3.8, 4) is 11.5 Å². The number of aromatic hydroxyl groups is 1. The zero-order valence-electron chi connectivity index (χ0n) is 13.4. The molecule has 1 saturated heterocycles. The molecule has 4 nitrogen and oxygen atoms in total. The molecule has 0 saturated carbocycles. The van der Waals surface area contributed by atoms with E-state index in [-0.39, 0.29) is 5.75 Å². The van der Waals surface area contributed by atoms with Crippen LogP contribution in [0.25, 0.3) is 0 Å². The van der Waals surface area contributed by atoms with E-state index in [1.807, 2.05) is 6.07 Å². The molecule has 3 rings (SSSR count). The van der Waals surface area contributed by atoms with Gasteiger partial charge >= 0.3 is 0 Å². The molecule has 1 aliphatic rings. The number of aliphatic imine (C=N–C) groups is 1. The summed E-state index contributed by atoms with van der Waals surface area (Å²) in [6.07, 6.45) is 2.86. The van der Waals surface area contributed by atoms with Gasteiger partial charge in [0, 0.05) is 23.8 Å². The third-order valence-electron chi connectivity index (χ3n) is 4.31. The van der Waals surface area contributed by atoms with Gasteiger partial charge in [-0.2, -0.15) is 0 Å². The first-order valence-electron chi connectivity index (χ1n) is 8.02. The summed E-state index contributed by atoms with van der Waals surface area (Å²) < 4.78 is 5.19. The van der Waals surface area contributed by atoms with Crippen LogP contribution in [0.3, 0.4) is 0 Å². The molecule has 0 radical (unpaired) electrons. The van der Waals surface area contributed by atoms with Crippen molar-refractivity contribution in [1.29, 1.82) is 0 Å². The molecule has 2 aromatic carbocycles. The lowest BCUT2D eigenvalue weighted by Crippen LogP contribution is -3.09. The average molecular weight is 311 g/mol. The largest absolute Gasteiger partial charge is 0.507 e. The van der Waals surface area contributed by atoms with Crippen LogP contribution in [0.1, 0.15) is 17.5 Å². The highest BCUT2D eigenvalue weighted by molar-refractivity contribution is 5.84. The van der Waals surface area contributed by atoms with Crippen LogP contribution >= 0.6 is 0 Å². The molecule has 2 atom stereocenters. The summed E-state index contributed by atoms with van der Waals surface area (Å²) in [6.45, 7) is 3.23. The minimum Gasteiger partial charge on any atom is -0.507 e. The number of likely N-dealkylation sites (tertiary alicyclic amines) is 1. The van der Waals surface area contributed by atoms with E-state index in [2.05, 4.69) is 35.3 Å². The van der Waals surface area contributed by atoms with Gasteiger partial charge in [0.25, 0.3) is 0 Å². The molecule has 0 spiro atoms. The Hall–Kier alpha value is -2.33. The Morgan fingerprint density at radius 2 is 2.09 bits per heavy atom. The second-order valence-corrected chi connectivity index (χ2v) is 6.01. The second kappa shape index (κ2) is 7.29. The van der Waals surface area contributed by atoms with Gasteiger partial charge in [-0.25, -0.2) is 0 Å². The quantitative estimate of drug-likeness (QED) is 0.825. The molecule has 120 valence electrons. The molecule has 1 aliphatic heterocycles. The predicted octanol–water partition coefficient (Wildman–Crippen LogP) is 1.68. The molecule has 0 amide bonds. The van der Waals surface area contributed by atoms with E-state index in [0.717, 1.165) is 31.8 Å². The number of quaternary nitrogens is 1. The van der Waals surface area contributed by atoms with Gasteiger partial charge < -0.3 is 14.7 Å². The Kier molecular flexibility index (Phi) is 4.93. The first-order chi connectivity index (χ1) is 11.2. The van der Waals surface area contributed by atoms with Crippen LogP contribution in [0.2, 0.25) is 0 Å². The summed E-state index contributed by atoms with van der Waals surface area (Å²) >= 11 is 0. The van der Waals surface area contributed by atoms with E-state index >= 15 is 0 Å². The van der Waals surface area contributed by atoms with Gasteiger partial charge in [-0.15, -0.1) is 0 Å². The van der Waals surface area contributed by atoms with Crippen LogP contribution in [-0.2, 0) is 6.54 Å². The fourth-order valence-electron chi connectivity index (χ4n) is 3.03. The molecule has 1 fully saturated rings. The van der Waals surface area contributed by atoms with Crippen molar-refractivity contribution in [2.24, 2.45) is 4.99 Å². The summed E-state index contributed by atoms with van der Waals surface area (Å²) in [6, 6.07) is 16.1. The van der Waals surface area contributed by atoms with Gasteiger partial charge in [-0.1, -0.05) is 30.3 Å². The molecule has 23 heavy (non-hydrogen) atoms. The van der Waals surface area contributed by atoms with Crippen molar-refractivity contribution in [2.45, 2.75) is 19.0 Å². The maximum atomic E-state index is 9.90. The van der Waals surface area contributed by atoms with E-state index in [4.69, 9.17) is 4.74 Å². The van der Waals surface area contributed by atoms with Crippen LogP contribution in [0.5, 0.6) is 11.5 Å². The number of phenols is 1. The number of ether oxygens (including phenoxy) is 1. The van der Waals surface area contributed by atoms with Crippen molar-refractivity contribution in [1.82, 2.24) is 0 Å². The van der Waals surface area contributed by atoms with E-state index in [9.17, 15) is 5.11 Å². The second-order valence-electron chi connectivity index (χ2n) is 6.01. The molecule has 1 heterocycles. The summed E-state index contributed by atoms with van der Waals surface area (Å²) in [7, 11) is 1.62. The smallest absolute Gasteiger partial charge is 0.124 e. The molecule has 0 aliphatic carbocycles. The van der Waals surface area contributed by atoms with E-state index in [1.165, 1.54) is 5.56 Å². The van der Waals surface area contributed by atoms with Crippen molar-refractivity contribution >= 4 is 6.21 Å². The molecule has 4 heteroatoms. The van der Waals surface area contributed by atoms with Crippen LogP contribution in [0, 0.1) is 0 Å². The monoisotopic (exact) mass is 311 g/mol. The lowest BCUT2D eigenvalue weighted by molar-refractivity contribution is -0.901. The fraction of sp³-hybridized carbons (Fsp3) is 0.316. The maximum absolute atomic E-state index is 9.90. The minimum absolute atomic E-state index is 0.237. The first-order valence-corrected chi connectivity index (χ1v) is 8.02. The molecule has 0 bridgehead atoms. The molecular weight excluding hydrogens is 288 g/mol. The molecule has 0 aromatic heterocycles. The molecule has 1 unspecified atom stereocenters. The number of hydrogen-bond acceptors (Lipinski definition) is 3. The van der Waals surface area contributed by atoms with Gasteiger partial charge in [-0.05, 0) is 18.2 Å². The van der Waals surface area contributed by atoms with Gasteiger partial charge in [0.05, 0.1) is 13.7 Å². The lowest BCUT2D eigenvalue weighted by Gasteiger charge is -2.12. The number of rotatable bonds is 5. The Morgan fingerprint density at radius 3 is 2.87 bits per heavy atom. The highest BCUT2D eigenvalue weighted by atomic mass is 16.5. The Balaban J connectivity index is 1.59. The number of hydrogen-bond donors (Lipinski definition) is 2. The van der Waals surface area contributed by atoms with Crippen molar-refractivity contribution in [2.75, 3.05) is 20.2 Å². The van der Waals surface area contributed by atoms with Crippen LogP contribution in [0.15, 0.2) is 53.5 Å². The number of phenolic OH excluding ortho intramolecular Hbond substituents is 1. The SMILES string of the molecule is COc1ccc(O)c(C=N[C@@H]2CC[NH+](Cc3ccccc3)C2)c1. The topological polar surface area (TPSA) is 46.3 Å². The van der Waals surface area contributed by atoms with Crippen LogP contribution < -0.4 is 9.64 Å². The number of methoxy groups -OCH3 is 1. The first kappa shape index (κ1) is 15.6. The zero-order chi connectivity index (χ0) is 16.1. The normalized spacial score (nSPS) is 20.9. The fourth-order valence-corrected chi connectivity index (χ4v) is 3.03. The molecule has 2 aromatic rings. The standard InChI is InChI=1S/C19H22N2O2/c1-23-18-7-8-19(22)16(11-18)12-20-17-9-10-21(14-17)13-15-5-3-2-4-6-15/h2-8,11-12,17,22H,9-10,13-14H2,1H3/p+1/t17-/m1/s1. The minimum atomic E-state index is 0.237. The molecule has 2 N–H and O–H groups in total. The van der Waals surface area contributed by atoms with Crippen molar-refractivity contribution in [3.05, 3.63) is 59.7 Å². The summed E-state index contributed by atoms with van der Waals surface area (Å²) in [5.74, 6) is 0.966. The Bertz CT molecular complexity index is 670. The average Bonchev–Trinajstić information content (AvgIpc) is 3.02. The van der Waals surface area contributed by atoms with E-state index < -0.39 is 0 Å². The van der Waals surface area contributed by atoms with Crippen molar-refractivity contribution in [3.63, 3.8) is 0 Å². The van der Waals surface area contributed by atoms with Crippen LogP contribution in [0.4, 0.5) is 0 Å². The zero-order valence-corrected chi connectivity index (χ0v) is 13.4. The highest BCUT2D eigenvalue weighted by Crippen LogP contribution is 2.21. The van der Waals surface area contributed by atoms with Gasteiger partial charge in [0.1, 0.15) is 30.6 Å². The maximum Gasteiger partial charge on any atom is 0.124 e. The number of nitrogens with zero attached hydrogens (tertiary/aromatic N) is 1.